The molecule has 1 aliphatic heterocycles. The van der Waals surface area contributed by atoms with Crippen molar-refractivity contribution >= 4 is 0 Å². The van der Waals surface area contributed by atoms with E-state index in [1.165, 1.54) is 0 Å². The van der Waals surface area contributed by atoms with E-state index in [9.17, 15) is 0 Å². The van der Waals surface area contributed by atoms with E-state index in [4.69, 9.17) is 19.3 Å². The highest BCUT2D eigenvalue weighted by atomic mass is 16.7. The van der Waals surface area contributed by atoms with Crippen molar-refractivity contribution in [2.24, 2.45) is 0 Å². The third-order valence-corrected chi connectivity index (χ3v) is 3.25. The Morgan fingerprint density at radius 1 is 1.00 bits per heavy atom. The van der Waals surface area contributed by atoms with Crippen LogP contribution < -0.4 is 14.2 Å². The van der Waals surface area contributed by atoms with Gasteiger partial charge >= 0.3 is 0 Å². The highest BCUT2D eigenvalue weighted by Gasteiger charge is 2.15. The molecule has 0 amide bonds. The molecule has 0 unspecified atom stereocenters. The van der Waals surface area contributed by atoms with E-state index in [2.05, 4.69) is 23.7 Å². The minimum absolute atomic E-state index is 0.192. The molecule has 0 atom stereocenters. The van der Waals surface area contributed by atoms with Gasteiger partial charge in [-0.2, -0.15) is 0 Å². The standard InChI is InChI=1S/C19H14O4/c1-21-17-8-5-14(6-9-17)4-7-16-12-19-18(22-13-23-19)11-15(16)3-2-10-20/h5-6,8-9,11-12,20H,10,13H2,1H3. The summed E-state index contributed by atoms with van der Waals surface area (Å²) in [5, 5.41) is 8.89. The number of aliphatic hydroxyl groups is 1. The Balaban J connectivity index is 1.96. The fourth-order valence-corrected chi connectivity index (χ4v) is 2.10. The molecule has 23 heavy (non-hydrogen) atoms. The Labute approximate surface area is 134 Å². The van der Waals surface area contributed by atoms with Crippen molar-refractivity contribution in [3.8, 4) is 40.9 Å². The van der Waals surface area contributed by atoms with Crippen LogP contribution in [0, 0.1) is 23.7 Å². The number of ether oxygens (including phenoxy) is 3. The number of benzene rings is 2. The molecule has 0 radical (unpaired) electrons. The molecular formula is C19H14O4. The number of hydrogen-bond acceptors (Lipinski definition) is 4. The third kappa shape index (κ3) is 3.40. The minimum Gasteiger partial charge on any atom is -0.497 e. The number of fused-ring (bicyclic) bond motifs is 1. The normalized spacial score (nSPS) is 11.0. The second kappa shape index (κ2) is 6.79. The summed E-state index contributed by atoms with van der Waals surface area (Å²) in [5.74, 6) is 13.8. The zero-order chi connectivity index (χ0) is 16.1. The van der Waals surface area contributed by atoms with Crippen molar-refractivity contribution in [3.05, 3.63) is 53.1 Å². The monoisotopic (exact) mass is 306 g/mol. The first kappa shape index (κ1) is 14.8. The molecule has 1 heterocycles. The van der Waals surface area contributed by atoms with Crippen molar-refractivity contribution in [2.75, 3.05) is 20.5 Å². The van der Waals surface area contributed by atoms with Gasteiger partial charge in [0.15, 0.2) is 11.5 Å². The Hall–Kier alpha value is -3.08. The van der Waals surface area contributed by atoms with Gasteiger partial charge in [-0.25, -0.2) is 0 Å². The average Bonchev–Trinajstić information content (AvgIpc) is 3.05. The topological polar surface area (TPSA) is 47.9 Å². The molecule has 0 spiro atoms. The second-order valence-electron chi connectivity index (χ2n) is 4.69. The maximum absolute atomic E-state index is 8.89. The van der Waals surface area contributed by atoms with Crippen LogP contribution in [0.1, 0.15) is 16.7 Å². The molecule has 0 aliphatic carbocycles. The summed E-state index contributed by atoms with van der Waals surface area (Å²) in [6, 6.07) is 11.1. The largest absolute Gasteiger partial charge is 0.497 e. The molecule has 0 saturated carbocycles. The zero-order valence-corrected chi connectivity index (χ0v) is 12.6. The molecule has 3 rings (SSSR count). The number of hydrogen-bond donors (Lipinski definition) is 1. The number of aliphatic hydroxyl groups excluding tert-OH is 1. The fraction of sp³-hybridized carbons (Fsp3) is 0.158. The lowest BCUT2D eigenvalue weighted by atomic mass is 10.1. The highest BCUT2D eigenvalue weighted by molar-refractivity contribution is 5.60. The van der Waals surface area contributed by atoms with Crippen molar-refractivity contribution in [1.82, 2.24) is 0 Å². The van der Waals surface area contributed by atoms with Gasteiger partial charge in [-0.3, -0.25) is 0 Å². The quantitative estimate of drug-likeness (QED) is 0.820. The SMILES string of the molecule is COc1ccc(C#Cc2cc3c(cc2C#CCO)OCO3)cc1. The lowest BCUT2D eigenvalue weighted by molar-refractivity contribution is 0.174. The first-order valence-electron chi connectivity index (χ1n) is 6.99. The summed E-state index contributed by atoms with van der Waals surface area (Å²) in [4.78, 5) is 0. The summed E-state index contributed by atoms with van der Waals surface area (Å²) in [5.41, 5.74) is 2.29. The lowest BCUT2D eigenvalue weighted by Crippen LogP contribution is -1.92. The summed E-state index contributed by atoms with van der Waals surface area (Å²) in [6.07, 6.45) is 0. The minimum atomic E-state index is -0.209. The molecule has 4 heteroatoms. The molecular weight excluding hydrogens is 292 g/mol. The lowest BCUT2D eigenvalue weighted by Gasteiger charge is -2.01. The van der Waals surface area contributed by atoms with Crippen LogP contribution >= 0.6 is 0 Å². The molecule has 114 valence electrons. The first-order valence-corrected chi connectivity index (χ1v) is 6.99. The van der Waals surface area contributed by atoms with Crippen molar-refractivity contribution < 1.29 is 19.3 Å². The van der Waals surface area contributed by atoms with Crippen LogP contribution in [-0.2, 0) is 0 Å². The van der Waals surface area contributed by atoms with E-state index < -0.39 is 0 Å². The maximum Gasteiger partial charge on any atom is 0.231 e. The van der Waals surface area contributed by atoms with Crippen LogP contribution in [0.4, 0.5) is 0 Å². The summed E-state index contributed by atoms with van der Waals surface area (Å²) in [7, 11) is 1.62. The smallest absolute Gasteiger partial charge is 0.231 e. The highest BCUT2D eigenvalue weighted by Crippen LogP contribution is 2.34. The van der Waals surface area contributed by atoms with Crippen LogP contribution in [0.3, 0.4) is 0 Å². The molecule has 2 aromatic carbocycles. The van der Waals surface area contributed by atoms with Crippen molar-refractivity contribution in [3.63, 3.8) is 0 Å². The third-order valence-electron chi connectivity index (χ3n) is 3.25. The Morgan fingerprint density at radius 2 is 1.65 bits per heavy atom. The van der Waals surface area contributed by atoms with E-state index in [1.54, 1.807) is 19.2 Å². The molecule has 0 aromatic heterocycles. The summed E-state index contributed by atoms with van der Waals surface area (Å²) < 4.78 is 15.8. The number of methoxy groups -OCH3 is 1. The molecule has 0 bridgehead atoms. The Bertz CT molecular complexity index is 830. The maximum atomic E-state index is 8.89. The number of rotatable bonds is 1. The molecule has 4 nitrogen and oxygen atoms in total. The molecule has 1 N–H and O–H groups in total. The van der Waals surface area contributed by atoms with Gasteiger partial charge in [0.2, 0.25) is 6.79 Å². The van der Waals surface area contributed by atoms with E-state index in [0.29, 0.717) is 17.1 Å². The molecule has 2 aromatic rings. The zero-order valence-electron chi connectivity index (χ0n) is 12.6. The molecule has 1 aliphatic rings. The summed E-state index contributed by atoms with van der Waals surface area (Å²) in [6.45, 7) is -0.0165. The van der Waals surface area contributed by atoms with Crippen LogP contribution in [-0.4, -0.2) is 25.6 Å². The van der Waals surface area contributed by atoms with E-state index in [1.807, 2.05) is 24.3 Å². The van der Waals surface area contributed by atoms with Crippen LogP contribution in [0.2, 0.25) is 0 Å². The van der Waals surface area contributed by atoms with Gasteiger partial charge in [0, 0.05) is 28.8 Å². The van der Waals surface area contributed by atoms with E-state index in [-0.39, 0.29) is 13.4 Å². The average molecular weight is 306 g/mol. The van der Waals surface area contributed by atoms with Gasteiger partial charge in [-0.1, -0.05) is 23.7 Å². The van der Waals surface area contributed by atoms with Gasteiger partial charge in [0.05, 0.1) is 7.11 Å². The predicted octanol–water partition coefficient (Wildman–Crippen LogP) is 2.17. The molecule has 0 saturated heterocycles. The fourth-order valence-electron chi connectivity index (χ4n) is 2.10. The Kier molecular flexibility index (Phi) is 4.38. The van der Waals surface area contributed by atoms with Crippen LogP contribution in [0.5, 0.6) is 17.2 Å². The Morgan fingerprint density at radius 3 is 2.26 bits per heavy atom. The van der Waals surface area contributed by atoms with Crippen molar-refractivity contribution in [1.29, 1.82) is 0 Å². The van der Waals surface area contributed by atoms with Gasteiger partial charge in [-0.05, 0) is 24.3 Å². The van der Waals surface area contributed by atoms with E-state index in [0.717, 1.165) is 16.9 Å². The summed E-state index contributed by atoms with van der Waals surface area (Å²) >= 11 is 0. The van der Waals surface area contributed by atoms with Crippen LogP contribution in [0.25, 0.3) is 0 Å². The second-order valence-corrected chi connectivity index (χ2v) is 4.69. The van der Waals surface area contributed by atoms with Crippen LogP contribution in [0.15, 0.2) is 36.4 Å². The van der Waals surface area contributed by atoms with Gasteiger partial charge in [-0.15, -0.1) is 0 Å². The van der Waals surface area contributed by atoms with Gasteiger partial charge in [0.1, 0.15) is 12.4 Å². The first-order chi connectivity index (χ1) is 11.3. The van der Waals surface area contributed by atoms with Gasteiger partial charge < -0.3 is 19.3 Å². The van der Waals surface area contributed by atoms with Gasteiger partial charge in [0.25, 0.3) is 0 Å². The van der Waals surface area contributed by atoms with E-state index >= 15 is 0 Å². The molecule has 0 fully saturated rings. The van der Waals surface area contributed by atoms with Crippen molar-refractivity contribution in [2.45, 2.75) is 0 Å². The predicted molar refractivity (Wildman–Crippen MR) is 85.5 cm³/mol.